The molecule has 1 aromatic carbocycles. The Kier molecular flexibility index (Phi) is 9.86. The SMILES string of the molecule is CC(C)CCCC(C)NC[C@@H](O)[C@H](Cc1cccc(Cl)c1)NC(=O)O. The highest BCUT2D eigenvalue weighted by atomic mass is 35.5. The van der Waals surface area contributed by atoms with Crippen LogP contribution in [0.25, 0.3) is 0 Å². The molecule has 142 valence electrons. The van der Waals surface area contributed by atoms with Crippen molar-refractivity contribution >= 4 is 17.7 Å². The minimum atomic E-state index is -1.14. The Labute approximate surface area is 155 Å². The maximum absolute atomic E-state index is 11.0. The van der Waals surface area contributed by atoms with Gasteiger partial charge in [-0.3, -0.25) is 0 Å². The number of carbonyl (C=O) groups is 1. The van der Waals surface area contributed by atoms with E-state index in [0.29, 0.717) is 23.9 Å². The topological polar surface area (TPSA) is 81.6 Å². The molecule has 0 bridgehead atoms. The van der Waals surface area contributed by atoms with Gasteiger partial charge in [0, 0.05) is 17.6 Å². The highest BCUT2D eigenvalue weighted by Crippen LogP contribution is 2.14. The molecule has 0 spiro atoms. The van der Waals surface area contributed by atoms with Crippen molar-refractivity contribution in [2.45, 2.75) is 64.6 Å². The van der Waals surface area contributed by atoms with Gasteiger partial charge in [0.2, 0.25) is 0 Å². The molecule has 0 aliphatic rings. The van der Waals surface area contributed by atoms with Crippen molar-refractivity contribution in [1.29, 1.82) is 0 Å². The number of hydrogen-bond donors (Lipinski definition) is 4. The molecule has 0 aromatic heterocycles. The molecule has 4 N–H and O–H groups in total. The van der Waals surface area contributed by atoms with Gasteiger partial charge in [-0.05, 0) is 43.4 Å². The maximum atomic E-state index is 11.0. The first-order chi connectivity index (χ1) is 11.8. The normalized spacial score (nSPS) is 15.0. The Morgan fingerprint density at radius 1 is 1.24 bits per heavy atom. The van der Waals surface area contributed by atoms with Crippen molar-refractivity contribution in [2.75, 3.05) is 6.54 Å². The smallest absolute Gasteiger partial charge is 0.404 e. The second kappa shape index (κ2) is 11.3. The molecule has 0 fully saturated rings. The van der Waals surface area contributed by atoms with E-state index < -0.39 is 18.2 Å². The number of benzene rings is 1. The van der Waals surface area contributed by atoms with E-state index in [-0.39, 0.29) is 6.04 Å². The molecule has 0 saturated carbocycles. The number of amides is 1. The van der Waals surface area contributed by atoms with Crippen molar-refractivity contribution in [3.63, 3.8) is 0 Å². The molecule has 6 heteroatoms. The third kappa shape index (κ3) is 9.68. The molecule has 1 unspecified atom stereocenters. The molecule has 0 heterocycles. The van der Waals surface area contributed by atoms with Crippen LogP contribution in [0.3, 0.4) is 0 Å². The van der Waals surface area contributed by atoms with Gasteiger partial charge >= 0.3 is 6.09 Å². The van der Waals surface area contributed by atoms with E-state index in [1.807, 2.05) is 12.1 Å². The Morgan fingerprint density at radius 2 is 1.96 bits per heavy atom. The number of nitrogens with one attached hydrogen (secondary N) is 2. The Bertz CT molecular complexity index is 525. The minimum Gasteiger partial charge on any atom is -0.465 e. The first-order valence-electron chi connectivity index (χ1n) is 8.93. The van der Waals surface area contributed by atoms with Crippen LogP contribution >= 0.6 is 11.6 Å². The summed E-state index contributed by atoms with van der Waals surface area (Å²) in [4.78, 5) is 11.0. The summed E-state index contributed by atoms with van der Waals surface area (Å²) < 4.78 is 0. The zero-order valence-electron chi connectivity index (χ0n) is 15.3. The molecule has 0 aliphatic heterocycles. The van der Waals surface area contributed by atoms with Gasteiger partial charge in [0.15, 0.2) is 0 Å². The van der Waals surface area contributed by atoms with Crippen LogP contribution in [-0.2, 0) is 6.42 Å². The zero-order valence-corrected chi connectivity index (χ0v) is 16.1. The van der Waals surface area contributed by atoms with Gasteiger partial charge in [0.1, 0.15) is 0 Å². The van der Waals surface area contributed by atoms with Crippen LogP contribution in [0.4, 0.5) is 4.79 Å². The van der Waals surface area contributed by atoms with Crippen molar-refractivity contribution in [1.82, 2.24) is 10.6 Å². The molecule has 0 saturated heterocycles. The molecule has 0 radical (unpaired) electrons. The van der Waals surface area contributed by atoms with Crippen LogP contribution < -0.4 is 10.6 Å². The average molecular weight is 371 g/mol. The predicted molar refractivity (Wildman–Crippen MR) is 102 cm³/mol. The number of aliphatic hydroxyl groups excluding tert-OH is 1. The fourth-order valence-electron chi connectivity index (χ4n) is 2.76. The third-order valence-electron chi connectivity index (χ3n) is 4.21. The number of halogens is 1. The first kappa shape index (κ1) is 21.7. The Balaban J connectivity index is 2.52. The first-order valence-corrected chi connectivity index (χ1v) is 9.31. The maximum Gasteiger partial charge on any atom is 0.404 e. The second-order valence-corrected chi connectivity index (χ2v) is 7.53. The highest BCUT2D eigenvalue weighted by molar-refractivity contribution is 6.30. The van der Waals surface area contributed by atoms with Crippen molar-refractivity contribution < 1.29 is 15.0 Å². The number of carboxylic acid groups (broad SMARTS) is 1. The fourth-order valence-corrected chi connectivity index (χ4v) is 2.97. The summed E-state index contributed by atoms with van der Waals surface area (Å²) in [7, 11) is 0. The molecule has 1 aromatic rings. The molecule has 1 amide bonds. The number of hydrogen-bond acceptors (Lipinski definition) is 3. The van der Waals surface area contributed by atoms with Crippen LogP contribution in [0.5, 0.6) is 0 Å². The van der Waals surface area contributed by atoms with Crippen molar-refractivity contribution in [2.24, 2.45) is 5.92 Å². The summed E-state index contributed by atoms with van der Waals surface area (Å²) in [6.45, 7) is 6.84. The molecule has 3 atom stereocenters. The lowest BCUT2D eigenvalue weighted by molar-refractivity contribution is 0.115. The molecule has 25 heavy (non-hydrogen) atoms. The quantitative estimate of drug-likeness (QED) is 0.479. The molecular weight excluding hydrogens is 340 g/mol. The van der Waals surface area contributed by atoms with Crippen LogP contribution in [-0.4, -0.2) is 41.0 Å². The van der Waals surface area contributed by atoms with Gasteiger partial charge in [0.05, 0.1) is 12.1 Å². The van der Waals surface area contributed by atoms with Crippen molar-refractivity contribution in [3.8, 4) is 0 Å². The lowest BCUT2D eigenvalue weighted by atomic mass is 10.0. The van der Waals surface area contributed by atoms with Gasteiger partial charge in [-0.2, -0.15) is 0 Å². The van der Waals surface area contributed by atoms with Crippen LogP contribution in [0.15, 0.2) is 24.3 Å². The summed E-state index contributed by atoms with van der Waals surface area (Å²) in [5.74, 6) is 0.694. The van der Waals surface area contributed by atoms with Crippen LogP contribution in [0.1, 0.15) is 45.6 Å². The monoisotopic (exact) mass is 370 g/mol. The summed E-state index contributed by atoms with van der Waals surface area (Å²) >= 11 is 5.98. The lowest BCUT2D eigenvalue weighted by Crippen LogP contribution is -2.49. The zero-order chi connectivity index (χ0) is 18.8. The van der Waals surface area contributed by atoms with Gasteiger partial charge < -0.3 is 20.8 Å². The molecular formula is C19H31ClN2O3. The van der Waals surface area contributed by atoms with Crippen molar-refractivity contribution in [3.05, 3.63) is 34.9 Å². The van der Waals surface area contributed by atoms with E-state index >= 15 is 0 Å². The standard InChI is InChI=1S/C19H31ClN2O3/c1-13(2)6-4-7-14(3)21-12-18(23)17(22-19(24)25)11-15-8-5-9-16(20)10-15/h5,8-10,13-14,17-18,21-23H,4,6-7,11-12H2,1-3H3,(H,24,25)/t14?,17-,18+/m0/s1. The summed E-state index contributed by atoms with van der Waals surface area (Å²) in [6, 6.07) is 6.93. The van der Waals surface area contributed by atoms with E-state index in [1.165, 1.54) is 6.42 Å². The predicted octanol–water partition coefficient (Wildman–Crippen LogP) is 3.68. The largest absolute Gasteiger partial charge is 0.465 e. The van der Waals surface area contributed by atoms with Gasteiger partial charge in [0.25, 0.3) is 0 Å². The Hall–Kier alpha value is -1.30. The van der Waals surface area contributed by atoms with Gasteiger partial charge in [-0.25, -0.2) is 4.79 Å². The van der Waals surface area contributed by atoms with Gasteiger partial charge in [-0.1, -0.05) is 50.4 Å². The molecule has 1 rings (SSSR count). The van der Waals surface area contributed by atoms with E-state index in [0.717, 1.165) is 18.4 Å². The average Bonchev–Trinajstić information content (AvgIpc) is 2.51. The number of aliphatic hydroxyl groups is 1. The lowest BCUT2D eigenvalue weighted by Gasteiger charge is -2.25. The van der Waals surface area contributed by atoms with Crippen LogP contribution in [0.2, 0.25) is 5.02 Å². The second-order valence-electron chi connectivity index (χ2n) is 7.09. The van der Waals surface area contributed by atoms with Crippen LogP contribution in [0, 0.1) is 5.92 Å². The third-order valence-corrected chi connectivity index (χ3v) is 4.45. The van der Waals surface area contributed by atoms with E-state index in [9.17, 15) is 9.90 Å². The summed E-state index contributed by atoms with van der Waals surface area (Å²) in [5, 5.41) is 25.8. The summed E-state index contributed by atoms with van der Waals surface area (Å²) in [5.41, 5.74) is 0.885. The van der Waals surface area contributed by atoms with E-state index in [2.05, 4.69) is 31.4 Å². The fraction of sp³-hybridized carbons (Fsp3) is 0.632. The molecule has 0 aliphatic carbocycles. The van der Waals surface area contributed by atoms with E-state index in [4.69, 9.17) is 16.7 Å². The molecule has 5 nitrogen and oxygen atoms in total. The highest BCUT2D eigenvalue weighted by Gasteiger charge is 2.22. The minimum absolute atomic E-state index is 0.282. The summed E-state index contributed by atoms with van der Waals surface area (Å²) in [6.07, 6.45) is 1.79. The number of rotatable bonds is 11. The Morgan fingerprint density at radius 3 is 2.56 bits per heavy atom. The van der Waals surface area contributed by atoms with Gasteiger partial charge in [-0.15, -0.1) is 0 Å². The van der Waals surface area contributed by atoms with E-state index in [1.54, 1.807) is 12.1 Å².